The number of nitrogens with one attached hydrogen (secondary N) is 1. The second kappa shape index (κ2) is 9.71. The fourth-order valence-electron chi connectivity index (χ4n) is 3.29. The summed E-state index contributed by atoms with van der Waals surface area (Å²) in [6, 6.07) is 20.3. The second-order valence-electron chi connectivity index (χ2n) is 7.39. The van der Waals surface area contributed by atoms with Crippen LogP contribution < -0.4 is 5.32 Å². The number of carbonyl (C=O) groups is 1. The highest BCUT2D eigenvalue weighted by atomic mass is 16.1. The third-order valence-corrected chi connectivity index (χ3v) is 5.09. The van der Waals surface area contributed by atoms with Crippen molar-refractivity contribution in [3.8, 4) is 6.07 Å². The molecule has 5 heteroatoms. The van der Waals surface area contributed by atoms with Crippen molar-refractivity contribution >= 4 is 12.0 Å². The lowest BCUT2D eigenvalue weighted by molar-refractivity contribution is -0.117. The first-order chi connectivity index (χ1) is 14.5. The lowest BCUT2D eigenvalue weighted by atomic mass is 10.1. The van der Waals surface area contributed by atoms with Crippen LogP contribution in [0.15, 0.2) is 60.2 Å². The Bertz CT molecular complexity index is 1090. The van der Waals surface area contributed by atoms with Crippen molar-refractivity contribution in [1.29, 1.82) is 5.26 Å². The quantitative estimate of drug-likeness (QED) is 0.481. The maximum Gasteiger partial charge on any atom is 0.261 e. The van der Waals surface area contributed by atoms with Gasteiger partial charge in [0.1, 0.15) is 11.6 Å². The Morgan fingerprint density at radius 2 is 1.77 bits per heavy atom. The van der Waals surface area contributed by atoms with E-state index in [4.69, 9.17) is 0 Å². The molecule has 0 aliphatic heterocycles. The van der Waals surface area contributed by atoms with Gasteiger partial charge in [0.2, 0.25) is 0 Å². The third-order valence-electron chi connectivity index (χ3n) is 5.09. The first-order valence-corrected chi connectivity index (χ1v) is 10.0. The molecule has 0 saturated carbocycles. The molecule has 0 fully saturated rings. The lowest BCUT2D eigenvalue weighted by Gasteiger charge is -2.06. The van der Waals surface area contributed by atoms with Crippen LogP contribution in [0.3, 0.4) is 0 Å². The first-order valence-electron chi connectivity index (χ1n) is 10.0. The van der Waals surface area contributed by atoms with Crippen LogP contribution in [0.1, 0.15) is 33.6 Å². The highest BCUT2D eigenvalue weighted by Gasteiger charge is 2.14. The van der Waals surface area contributed by atoms with Crippen molar-refractivity contribution < 1.29 is 4.79 Å². The average molecular weight is 399 g/mol. The summed E-state index contributed by atoms with van der Waals surface area (Å²) in [5.41, 5.74) is 6.14. The predicted octanol–water partition coefficient (Wildman–Crippen LogP) is 4.12. The Morgan fingerprint density at radius 1 is 1.07 bits per heavy atom. The van der Waals surface area contributed by atoms with Crippen LogP contribution in [0.5, 0.6) is 0 Å². The summed E-state index contributed by atoms with van der Waals surface area (Å²) in [5.74, 6) is -0.362. The maximum absolute atomic E-state index is 12.5. The predicted molar refractivity (Wildman–Crippen MR) is 119 cm³/mol. The van der Waals surface area contributed by atoms with Crippen molar-refractivity contribution in [2.75, 3.05) is 6.54 Å². The summed E-state index contributed by atoms with van der Waals surface area (Å²) in [7, 11) is 0. The van der Waals surface area contributed by atoms with Gasteiger partial charge in [0, 0.05) is 17.8 Å². The molecule has 3 aromatic rings. The van der Waals surface area contributed by atoms with E-state index in [-0.39, 0.29) is 11.5 Å². The lowest BCUT2D eigenvalue weighted by Crippen LogP contribution is -2.26. The highest BCUT2D eigenvalue weighted by Crippen LogP contribution is 2.18. The molecule has 1 aromatic heterocycles. The molecule has 2 aromatic carbocycles. The van der Waals surface area contributed by atoms with Gasteiger partial charge in [-0.1, -0.05) is 60.2 Å². The van der Waals surface area contributed by atoms with Crippen molar-refractivity contribution in [3.05, 3.63) is 93.8 Å². The molecule has 5 nitrogen and oxygen atoms in total. The number of carbonyl (C=O) groups excluding carboxylic acids is 1. The van der Waals surface area contributed by atoms with E-state index < -0.39 is 0 Å². The smallest absolute Gasteiger partial charge is 0.261 e. The van der Waals surface area contributed by atoms with Crippen LogP contribution in [0, 0.1) is 32.1 Å². The van der Waals surface area contributed by atoms with E-state index in [1.807, 2.05) is 54.9 Å². The topological polar surface area (TPSA) is 70.7 Å². The summed E-state index contributed by atoms with van der Waals surface area (Å²) >= 11 is 0. The van der Waals surface area contributed by atoms with Gasteiger partial charge in [-0.25, -0.2) is 0 Å². The van der Waals surface area contributed by atoms with Crippen molar-refractivity contribution in [1.82, 2.24) is 15.1 Å². The van der Waals surface area contributed by atoms with Crippen LogP contribution in [-0.2, 0) is 17.8 Å². The molecule has 0 radical (unpaired) electrons. The van der Waals surface area contributed by atoms with E-state index in [0.717, 1.165) is 34.5 Å². The van der Waals surface area contributed by atoms with Crippen LogP contribution in [0.25, 0.3) is 6.08 Å². The summed E-state index contributed by atoms with van der Waals surface area (Å²) in [4.78, 5) is 12.5. The van der Waals surface area contributed by atoms with Gasteiger partial charge in [-0.05, 0) is 44.4 Å². The van der Waals surface area contributed by atoms with Gasteiger partial charge in [-0.3, -0.25) is 9.48 Å². The molecule has 3 rings (SSSR count). The number of benzene rings is 2. The number of amides is 1. The zero-order valence-electron chi connectivity index (χ0n) is 17.6. The highest BCUT2D eigenvalue weighted by molar-refractivity contribution is 6.01. The first kappa shape index (κ1) is 21.1. The Labute approximate surface area is 177 Å². The third kappa shape index (κ3) is 5.24. The van der Waals surface area contributed by atoms with Gasteiger partial charge in [-0.2, -0.15) is 10.4 Å². The van der Waals surface area contributed by atoms with Crippen LogP contribution in [0.2, 0.25) is 0 Å². The fraction of sp³-hybridized carbons (Fsp3) is 0.240. The van der Waals surface area contributed by atoms with Crippen LogP contribution >= 0.6 is 0 Å². The number of hydrogen-bond acceptors (Lipinski definition) is 3. The minimum Gasteiger partial charge on any atom is -0.351 e. The summed E-state index contributed by atoms with van der Waals surface area (Å²) in [6.07, 6.45) is 2.36. The molecule has 152 valence electrons. The Hall–Kier alpha value is -3.65. The van der Waals surface area contributed by atoms with Gasteiger partial charge < -0.3 is 5.32 Å². The average Bonchev–Trinajstić information content (AvgIpc) is 3.01. The molecule has 0 atom stereocenters. The minimum absolute atomic E-state index is 0.0872. The number of nitriles is 1. The molecule has 0 bridgehead atoms. The van der Waals surface area contributed by atoms with Crippen molar-refractivity contribution in [2.24, 2.45) is 0 Å². The number of aryl methyl sites for hydroxylation is 2. The van der Waals surface area contributed by atoms with Crippen LogP contribution in [-0.4, -0.2) is 22.2 Å². The van der Waals surface area contributed by atoms with Gasteiger partial charge in [0.05, 0.1) is 12.2 Å². The van der Waals surface area contributed by atoms with E-state index in [2.05, 4.69) is 41.6 Å². The number of rotatable bonds is 7. The number of nitrogens with zero attached hydrogens (tertiary/aromatic N) is 3. The summed E-state index contributed by atoms with van der Waals surface area (Å²) < 4.78 is 1.91. The van der Waals surface area contributed by atoms with Crippen molar-refractivity contribution in [2.45, 2.75) is 33.7 Å². The van der Waals surface area contributed by atoms with Gasteiger partial charge >= 0.3 is 0 Å². The molecule has 0 aliphatic rings. The molecule has 0 aliphatic carbocycles. The summed E-state index contributed by atoms with van der Waals surface area (Å²) in [5, 5.41) is 17.0. The zero-order chi connectivity index (χ0) is 21.5. The fourth-order valence-corrected chi connectivity index (χ4v) is 3.29. The largest absolute Gasteiger partial charge is 0.351 e. The van der Waals surface area contributed by atoms with Crippen LogP contribution in [0.4, 0.5) is 0 Å². The molecule has 1 N–H and O–H groups in total. The molecule has 30 heavy (non-hydrogen) atoms. The van der Waals surface area contributed by atoms with Gasteiger partial charge in [0.15, 0.2) is 0 Å². The Balaban J connectivity index is 1.71. The summed E-state index contributed by atoms with van der Waals surface area (Å²) in [6.45, 7) is 7.04. The van der Waals surface area contributed by atoms with E-state index in [9.17, 15) is 10.1 Å². The molecule has 1 amide bonds. The molecule has 0 saturated heterocycles. The molecular weight excluding hydrogens is 372 g/mol. The SMILES string of the molecule is Cc1ccc(Cn2nc(C)c(/C=C(\C#N)C(=O)NCCc3ccccc3)c2C)cc1. The Kier molecular flexibility index (Phi) is 6.82. The standard InChI is InChI=1S/C25H26N4O/c1-18-9-11-22(12-10-18)17-29-20(3)24(19(2)28-29)15-23(16-26)25(30)27-14-13-21-7-5-4-6-8-21/h4-12,15H,13-14,17H2,1-3H3,(H,27,30)/b23-15+. The number of aromatic nitrogens is 2. The normalized spacial score (nSPS) is 11.2. The number of hydrogen-bond donors (Lipinski definition) is 1. The minimum atomic E-state index is -0.362. The van der Waals surface area contributed by atoms with E-state index >= 15 is 0 Å². The van der Waals surface area contributed by atoms with E-state index in [1.165, 1.54) is 5.56 Å². The zero-order valence-corrected chi connectivity index (χ0v) is 17.6. The van der Waals surface area contributed by atoms with E-state index in [0.29, 0.717) is 13.1 Å². The second-order valence-corrected chi connectivity index (χ2v) is 7.39. The molecule has 0 spiro atoms. The van der Waals surface area contributed by atoms with Crippen molar-refractivity contribution in [3.63, 3.8) is 0 Å². The van der Waals surface area contributed by atoms with E-state index in [1.54, 1.807) is 6.08 Å². The van der Waals surface area contributed by atoms with Gasteiger partial charge in [-0.15, -0.1) is 0 Å². The van der Waals surface area contributed by atoms with Gasteiger partial charge in [0.25, 0.3) is 5.91 Å². The molecule has 0 unspecified atom stereocenters. The Morgan fingerprint density at radius 3 is 2.43 bits per heavy atom. The monoisotopic (exact) mass is 398 g/mol. The molecular formula is C25H26N4O. The maximum atomic E-state index is 12.5. The molecule has 1 heterocycles.